The molecule has 0 saturated carbocycles. The first-order valence-corrected chi connectivity index (χ1v) is 6.11. The van der Waals surface area contributed by atoms with Crippen molar-refractivity contribution in [1.82, 2.24) is 4.98 Å². The second-order valence-electron chi connectivity index (χ2n) is 3.57. The average Bonchev–Trinajstić information content (AvgIpc) is 2.38. The number of benzene rings is 1. The number of aromatic carboxylic acids is 1. The van der Waals surface area contributed by atoms with Crippen molar-refractivity contribution in [1.29, 1.82) is 0 Å². The molecular formula is C13H10BrNO4. The first kappa shape index (κ1) is 13.4. The number of ether oxygens (including phenoxy) is 2. The fourth-order valence-corrected chi connectivity index (χ4v) is 1.78. The van der Waals surface area contributed by atoms with E-state index in [4.69, 9.17) is 14.6 Å². The van der Waals surface area contributed by atoms with Crippen LogP contribution in [0, 0.1) is 0 Å². The Morgan fingerprint density at radius 3 is 2.68 bits per heavy atom. The lowest BCUT2D eigenvalue weighted by Gasteiger charge is -2.09. The number of aromatic nitrogens is 1. The lowest BCUT2D eigenvalue weighted by Crippen LogP contribution is -2.00. The molecule has 0 fully saturated rings. The third-order valence-electron chi connectivity index (χ3n) is 2.30. The summed E-state index contributed by atoms with van der Waals surface area (Å²) in [6, 6.07) is 9.67. The highest BCUT2D eigenvalue weighted by atomic mass is 79.9. The number of hydrogen-bond donors (Lipinski definition) is 1. The van der Waals surface area contributed by atoms with E-state index in [2.05, 4.69) is 20.9 Å². The van der Waals surface area contributed by atoms with Crippen LogP contribution < -0.4 is 9.47 Å². The first-order chi connectivity index (χ1) is 9.10. The van der Waals surface area contributed by atoms with E-state index >= 15 is 0 Å². The molecule has 0 aliphatic rings. The van der Waals surface area contributed by atoms with E-state index in [-0.39, 0.29) is 17.2 Å². The van der Waals surface area contributed by atoms with Gasteiger partial charge in [-0.2, -0.15) is 4.98 Å². The molecule has 0 amide bonds. The van der Waals surface area contributed by atoms with Crippen LogP contribution in [0.15, 0.2) is 40.9 Å². The molecule has 1 heterocycles. The van der Waals surface area contributed by atoms with E-state index < -0.39 is 5.97 Å². The number of carboxylic acid groups (broad SMARTS) is 1. The van der Waals surface area contributed by atoms with Gasteiger partial charge in [-0.1, -0.05) is 22.0 Å². The standard InChI is InChI=1S/C13H10BrNO4/c1-18-11-3-2-4-12(15-11)19-10-7-8(14)5-6-9(10)13(16)17/h2-7H,1H3,(H,16,17). The van der Waals surface area contributed by atoms with Gasteiger partial charge in [-0.25, -0.2) is 4.79 Å². The molecule has 0 aliphatic carbocycles. The summed E-state index contributed by atoms with van der Waals surface area (Å²) in [6.07, 6.45) is 0. The Labute approximate surface area is 117 Å². The van der Waals surface area contributed by atoms with Crippen LogP contribution >= 0.6 is 15.9 Å². The molecule has 2 rings (SSSR count). The molecule has 19 heavy (non-hydrogen) atoms. The summed E-state index contributed by atoms with van der Waals surface area (Å²) in [4.78, 5) is 15.2. The van der Waals surface area contributed by atoms with Gasteiger partial charge in [0, 0.05) is 16.6 Å². The van der Waals surface area contributed by atoms with Crippen LogP contribution in [0.4, 0.5) is 0 Å². The van der Waals surface area contributed by atoms with Crippen molar-refractivity contribution in [2.45, 2.75) is 0 Å². The predicted molar refractivity (Wildman–Crippen MR) is 72.0 cm³/mol. The molecule has 0 aliphatic heterocycles. The maximum Gasteiger partial charge on any atom is 0.339 e. The molecule has 0 bridgehead atoms. The molecule has 0 radical (unpaired) electrons. The van der Waals surface area contributed by atoms with Crippen molar-refractivity contribution in [3.8, 4) is 17.5 Å². The Bertz CT molecular complexity index is 615. The number of carbonyl (C=O) groups is 1. The fraction of sp³-hybridized carbons (Fsp3) is 0.0769. The summed E-state index contributed by atoms with van der Waals surface area (Å²) in [5.41, 5.74) is 0.0628. The summed E-state index contributed by atoms with van der Waals surface area (Å²) in [5.74, 6) is -0.197. The van der Waals surface area contributed by atoms with Crippen molar-refractivity contribution in [3.05, 3.63) is 46.4 Å². The molecule has 0 spiro atoms. The van der Waals surface area contributed by atoms with Crippen molar-refractivity contribution in [2.75, 3.05) is 7.11 Å². The van der Waals surface area contributed by atoms with Crippen LogP contribution in [0.25, 0.3) is 0 Å². The summed E-state index contributed by atoms with van der Waals surface area (Å²) < 4.78 is 11.2. The van der Waals surface area contributed by atoms with Gasteiger partial charge < -0.3 is 14.6 Å². The molecule has 1 aromatic carbocycles. The molecule has 0 saturated heterocycles. The minimum atomic E-state index is -1.06. The Kier molecular flexibility index (Phi) is 4.01. The highest BCUT2D eigenvalue weighted by Crippen LogP contribution is 2.28. The molecule has 6 heteroatoms. The van der Waals surface area contributed by atoms with Crippen LogP contribution in [0.5, 0.6) is 17.5 Å². The normalized spacial score (nSPS) is 10.0. The van der Waals surface area contributed by atoms with Crippen LogP contribution in [-0.4, -0.2) is 23.2 Å². The predicted octanol–water partition coefficient (Wildman–Crippen LogP) is 3.34. The zero-order valence-corrected chi connectivity index (χ0v) is 11.5. The van der Waals surface area contributed by atoms with Crippen molar-refractivity contribution < 1.29 is 19.4 Å². The van der Waals surface area contributed by atoms with E-state index in [9.17, 15) is 4.79 Å². The zero-order chi connectivity index (χ0) is 13.8. The second kappa shape index (κ2) is 5.71. The van der Waals surface area contributed by atoms with E-state index in [1.807, 2.05) is 0 Å². The van der Waals surface area contributed by atoms with Crippen LogP contribution in [0.1, 0.15) is 10.4 Å². The molecule has 0 atom stereocenters. The zero-order valence-electron chi connectivity index (χ0n) is 9.96. The van der Waals surface area contributed by atoms with Gasteiger partial charge in [-0.15, -0.1) is 0 Å². The van der Waals surface area contributed by atoms with Crippen molar-refractivity contribution in [2.24, 2.45) is 0 Å². The van der Waals surface area contributed by atoms with Crippen molar-refractivity contribution in [3.63, 3.8) is 0 Å². The third-order valence-corrected chi connectivity index (χ3v) is 2.79. The van der Waals surface area contributed by atoms with Gasteiger partial charge >= 0.3 is 5.97 Å². The Balaban J connectivity index is 2.36. The number of pyridine rings is 1. The summed E-state index contributed by atoms with van der Waals surface area (Å²) >= 11 is 3.27. The van der Waals surface area contributed by atoms with Gasteiger partial charge in [-0.3, -0.25) is 0 Å². The highest BCUT2D eigenvalue weighted by molar-refractivity contribution is 9.10. The average molecular weight is 324 g/mol. The van der Waals surface area contributed by atoms with E-state index in [1.165, 1.54) is 13.2 Å². The smallest absolute Gasteiger partial charge is 0.339 e. The fourth-order valence-electron chi connectivity index (χ4n) is 1.44. The largest absolute Gasteiger partial charge is 0.481 e. The Morgan fingerprint density at radius 1 is 1.26 bits per heavy atom. The molecule has 2 aromatic rings. The topological polar surface area (TPSA) is 68.7 Å². The molecule has 0 unspecified atom stereocenters. The lowest BCUT2D eigenvalue weighted by molar-refractivity contribution is 0.0694. The first-order valence-electron chi connectivity index (χ1n) is 5.32. The van der Waals surface area contributed by atoms with E-state index in [0.29, 0.717) is 5.88 Å². The van der Waals surface area contributed by atoms with Gasteiger partial charge in [0.1, 0.15) is 11.3 Å². The van der Waals surface area contributed by atoms with Gasteiger partial charge in [0.15, 0.2) is 0 Å². The lowest BCUT2D eigenvalue weighted by atomic mass is 10.2. The van der Waals surface area contributed by atoms with Crippen LogP contribution in [-0.2, 0) is 0 Å². The summed E-state index contributed by atoms with van der Waals surface area (Å²) in [7, 11) is 1.49. The summed E-state index contributed by atoms with van der Waals surface area (Å²) in [6.45, 7) is 0. The maximum atomic E-state index is 11.1. The Hall–Kier alpha value is -2.08. The maximum absolute atomic E-state index is 11.1. The van der Waals surface area contributed by atoms with Gasteiger partial charge in [0.25, 0.3) is 0 Å². The van der Waals surface area contributed by atoms with E-state index in [0.717, 1.165) is 4.47 Å². The van der Waals surface area contributed by atoms with Crippen LogP contribution in [0.2, 0.25) is 0 Å². The van der Waals surface area contributed by atoms with Gasteiger partial charge in [-0.05, 0) is 18.2 Å². The Morgan fingerprint density at radius 2 is 2.00 bits per heavy atom. The van der Waals surface area contributed by atoms with Crippen LogP contribution in [0.3, 0.4) is 0 Å². The van der Waals surface area contributed by atoms with E-state index in [1.54, 1.807) is 30.3 Å². The second-order valence-corrected chi connectivity index (χ2v) is 4.48. The highest BCUT2D eigenvalue weighted by Gasteiger charge is 2.13. The molecular weight excluding hydrogens is 314 g/mol. The minimum absolute atomic E-state index is 0.0628. The molecule has 98 valence electrons. The van der Waals surface area contributed by atoms with Crippen molar-refractivity contribution >= 4 is 21.9 Å². The van der Waals surface area contributed by atoms with Gasteiger partial charge in [0.05, 0.1) is 7.11 Å². The molecule has 5 nitrogen and oxygen atoms in total. The number of carboxylic acids is 1. The van der Waals surface area contributed by atoms with Gasteiger partial charge in [0.2, 0.25) is 11.8 Å². The molecule has 1 N–H and O–H groups in total. The minimum Gasteiger partial charge on any atom is -0.481 e. The number of methoxy groups -OCH3 is 1. The number of rotatable bonds is 4. The third kappa shape index (κ3) is 3.23. The summed E-state index contributed by atoms with van der Waals surface area (Å²) in [5, 5.41) is 9.09. The number of halogens is 1. The molecule has 1 aromatic heterocycles. The number of nitrogens with zero attached hydrogens (tertiary/aromatic N) is 1. The SMILES string of the molecule is COc1cccc(Oc2cc(Br)ccc2C(=O)O)n1. The quantitative estimate of drug-likeness (QED) is 0.934. The number of hydrogen-bond acceptors (Lipinski definition) is 4. The monoisotopic (exact) mass is 323 g/mol.